The summed E-state index contributed by atoms with van der Waals surface area (Å²) < 4.78 is 88.3. The number of nitrogens with one attached hydrogen (secondary N) is 1. The van der Waals surface area contributed by atoms with Gasteiger partial charge in [-0.3, -0.25) is 0 Å². The van der Waals surface area contributed by atoms with Gasteiger partial charge in [-0.05, 0) is 67.4 Å². The zero-order chi connectivity index (χ0) is 28.5. The molecule has 3 aromatic rings. The molecule has 39 heavy (non-hydrogen) atoms. The van der Waals surface area contributed by atoms with Crippen molar-refractivity contribution in [2.45, 2.75) is 42.7 Å². The van der Waals surface area contributed by atoms with Gasteiger partial charge in [0.05, 0.1) is 27.3 Å². The number of halogens is 5. The third kappa shape index (κ3) is 6.31. The van der Waals surface area contributed by atoms with Gasteiger partial charge in [-0.15, -0.1) is 0 Å². The van der Waals surface area contributed by atoms with Crippen LogP contribution in [0.1, 0.15) is 47.8 Å². The Morgan fingerprint density at radius 3 is 2.51 bits per heavy atom. The number of allylic oxidation sites excluding steroid dienone is 2. The van der Waals surface area contributed by atoms with Gasteiger partial charge in [-0.1, -0.05) is 42.5 Å². The van der Waals surface area contributed by atoms with E-state index in [2.05, 4.69) is 11.9 Å². The maximum atomic E-state index is 14.5. The van der Waals surface area contributed by atoms with Crippen molar-refractivity contribution in [2.24, 2.45) is 0 Å². The van der Waals surface area contributed by atoms with Gasteiger partial charge in [0.15, 0.2) is 9.84 Å². The summed E-state index contributed by atoms with van der Waals surface area (Å²) in [6.07, 6.45) is -3.62. The normalized spacial score (nSPS) is 17.8. The molecule has 0 radical (unpaired) electrons. The molecule has 0 saturated carbocycles. The number of alkyl halides is 3. The molecule has 206 valence electrons. The highest BCUT2D eigenvalue weighted by atomic mass is 35.5. The Labute approximate surface area is 229 Å². The van der Waals surface area contributed by atoms with E-state index in [9.17, 15) is 26.0 Å². The molecule has 2 unspecified atom stereocenters. The van der Waals surface area contributed by atoms with Crippen LogP contribution in [0.3, 0.4) is 0 Å². The van der Waals surface area contributed by atoms with Crippen molar-refractivity contribution in [1.29, 1.82) is 0 Å². The first kappa shape index (κ1) is 28.7. The van der Waals surface area contributed by atoms with Crippen LogP contribution in [0.25, 0.3) is 11.6 Å². The lowest BCUT2D eigenvalue weighted by Crippen LogP contribution is -2.36. The minimum absolute atomic E-state index is 0.00283. The van der Waals surface area contributed by atoms with Crippen molar-refractivity contribution in [1.82, 2.24) is 5.32 Å². The second-order valence-electron chi connectivity index (χ2n) is 9.42. The summed E-state index contributed by atoms with van der Waals surface area (Å²) in [6.45, 7) is 7.46. The average molecular weight is 580 g/mol. The second kappa shape index (κ2) is 11.1. The molecule has 0 spiro atoms. The van der Waals surface area contributed by atoms with Crippen molar-refractivity contribution < 1.29 is 30.7 Å². The highest BCUT2D eigenvalue weighted by Crippen LogP contribution is 2.44. The molecule has 0 aliphatic carbocycles. The topological polar surface area (TPSA) is 55.4 Å². The standard InChI is InChI=1S/C29H26ClF4NO3S/c1-17(2)35-16-21-15-27(39(36,37)22-7-4-6-20(14-22)29(32,33)34)23-13-19(10-11-26(23)38-21)12-18(3)28-24(30)8-5-9-25(28)31/h4-14,21,27,35H,1,15-16H2,2-3H3/b18-12+. The highest BCUT2D eigenvalue weighted by molar-refractivity contribution is 7.91. The molecule has 4 nitrogen and oxygen atoms in total. The first-order valence-corrected chi connectivity index (χ1v) is 13.9. The van der Waals surface area contributed by atoms with Gasteiger partial charge in [0, 0.05) is 23.2 Å². The minimum atomic E-state index is -4.70. The van der Waals surface area contributed by atoms with Gasteiger partial charge in [-0.2, -0.15) is 13.2 Å². The smallest absolute Gasteiger partial charge is 0.416 e. The average Bonchev–Trinajstić information content (AvgIpc) is 2.86. The number of sulfone groups is 1. The van der Waals surface area contributed by atoms with Crippen molar-refractivity contribution in [3.63, 3.8) is 0 Å². The molecule has 10 heteroatoms. The molecule has 2 atom stereocenters. The van der Waals surface area contributed by atoms with E-state index < -0.39 is 43.6 Å². The van der Waals surface area contributed by atoms with Gasteiger partial charge in [0.2, 0.25) is 0 Å². The number of benzene rings is 3. The lowest BCUT2D eigenvalue weighted by atomic mass is 9.97. The zero-order valence-electron chi connectivity index (χ0n) is 21.1. The Morgan fingerprint density at radius 1 is 1.13 bits per heavy atom. The first-order chi connectivity index (χ1) is 18.3. The van der Waals surface area contributed by atoms with E-state index >= 15 is 0 Å². The quantitative estimate of drug-likeness (QED) is 0.229. The molecule has 1 aliphatic rings. The third-order valence-corrected chi connectivity index (χ3v) is 8.81. The number of hydrogen-bond acceptors (Lipinski definition) is 4. The Kier molecular flexibility index (Phi) is 8.14. The molecular formula is C29H26ClF4NO3S. The summed E-state index contributed by atoms with van der Waals surface area (Å²) in [5, 5.41) is 2.07. The Hall–Kier alpha value is -3.30. The predicted octanol–water partition coefficient (Wildman–Crippen LogP) is 7.85. The maximum absolute atomic E-state index is 14.5. The fraction of sp³-hybridized carbons (Fsp3) is 0.241. The van der Waals surface area contributed by atoms with Crippen molar-refractivity contribution >= 4 is 33.1 Å². The van der Waals surface area contributed by atoms with Gasteiger partial charge in [0.25, 0.3) is 0 Å². The molecule has 0 bridgehead atoms. The summed E-state index contributed by atoms with van der Waals surface area (Å²) >= 11 is 6.20. The Balaban J connectivity index is 1.80. The summed E-state index contributed by atoms with van der Waals surface area (Å²) in [4.78, 5) is -0.433. The van der Waals surface area contributed by atoms with Gasteiger partial charge < -0.3 is 10.1 Å². The second-order valence-corrected chi connectivity index (χ2v) is 12.0. The fourth-order valence-electron chi connectivity index (χ4n) is 4.53. The van der Waals surface area contributed by atoms with E-state index in [1.54, 1.807) is 44.2 Å². The van der Waals surface area contributed by atoms with Crippen LogP contribution in [0.15, 0.2) is 77.8 Å². The van der Waals surface area contributed by atoms with E-state index in [0.717, 1.165) is 18.2 Å². The summed E-state index contributed by atoms with van der Waals surface area (Å²) in [7, 11) is -4.27. The first-order valence-electron chi connectivity index (χ1n) is 12.0. The lowest BCUT2D eigenvalue weighted by molar-refractivity contribution is -0.137. The number of rotatable bonds is 7. The SMILES string of the molecule is C=C(C)NCC1CC(S(=O)(=O)c2cccc(C(F)(F)F)c2)c2cc(/C=C(\C)c3c(F)cccc3Cl)ccc2O1. The fourth-order valence-corrected chi connectivity index (χ4v) is 6.71. The number of ether oxygens (including phenoxy) is 1. The summed E-state index contributed by atoms with van der Waals surface area (Å²) in [6, 6.07) is 13.0. The molecule has 4 rings (SSSR count). The Bertz CT molecular complexity index is 1530. The minimum Gasteiger partial charge on any atom is -0.488 e. The predicted molar refractivity (Wildman–Crippen MR) is 145 cm³/mol. The van der Waals surface area contributed by atoms with E-state index in [0.29, 0.717) is 34.2 Å². The molecule has 0 fully saturated rings. The van der Waals surface area contributed by atoms with Crippen molar-refractivity contribution in [3.8, 4) is 5.75 Å². The Morgan fingerprint density at radius 2 is 1.85 bits per heavy atom. The van der Waals surface area contributed by atoms with Crippen molar-refractivity contribution in [2.75, 3.05) is 6.54 Å². The van der Waals surface area contributed by atoms with E-state index in [1.807, 2.05) is 0 Å². The van der Waals surface area contributed by atoms with Gasteiger partial charge in [0.1, 0.15) is 17.7 Å². The van der Waals surface area contributed by atoms with E-state index in [-0.39, 0.29) is 23.6 Å². The molecule has 0 aromatic heterocycles. The molecule has 1 heterocycles. The van der Waals surface area contributed by atoms with Crippen molar-refractivity contribution in [3.05, 3.63) is 106 Å². The third-order valence-electron chi connectivity index (χ3n) is 6.39. The van der Waals surface area contributed by atoms with Crippen LogP contribution >= 0.6 is 11.6 Å². The van der Waals surface area contributed by atoms with Crippen LogP contribution in [-0.2, 0) is 16.0 Å². The molecule has 0 amide bonds. The van der Waals surface area contributed by atoms with Crippen LogP contribution in [0.2, 0.25) is 5.02 Å². The highest BCUT2D eigenvalue weighted by Gasteiger charge is 2.39. The number of fused-ring (bicyclic) bond motifs is 1. The van der Waals surface area contributed by atoms with Crippen LogP contribution < -0.4 is 10.1 Å². The van der Waals surface area contributed by atoms with Gasteiger partial charge >= 0.3 is 6.18 Å². The molecule has 1 aliphatic heterocycles. The van der Waals surface area contributed by atoms with E-state index in [1.165, 1.54) is 12.1 Å². The van der Waals surface area contributed by atoms with Crippen LogP contribution in [0, 0.1) is 5.82 Å². The maximum Gasteiger partial charge on any atom is 0.416 e. The van der Waals surface area contributed by atoms with Crippen LogP contribution in [-0.4, -0.2) is 21.1 Å². The summed E-state index contributed by atoms with van der Waals surface area (Å²) in [5.41, 5.74) is 1.19. The van der Waals surface area contributed by atoms with Crippen LogP contribution in [0.4, 0.5) is 17.6 Å². The van der Waals surface area contributed by atoms with E-state index in [4.69, 9.17) is 16.3 Å². The molecule has 1 N–H and O–H groups in total. The van der Waals surface area contributed by atoms with Crippen LogP contribution in [0.5, 0.6) is 5.75 Å². The number of hydrogen-bond donors (Lipinski definition) is 1. The lowest BCUT2D eigenvalue weighted by Gasteiger charge is -2.32. The largest absolute Gasteiger partial charge is 0.488 e. The molecule has 3 aromatic carbocycles. The van der Waals surface area contributed by atoms with Gasteiger partial charge in [-0.25, -0.2) is 12.8 Å². The molecule has 0 saturated heterocycles. The monoisotopic (exact) mass is 579 g/mol. The molecular weight excluding hydrogens is 554 g/mol. The summed E-state index contributed by atoms with van der Waals surface area (Å²) in [5.74, 6) is -0.204. The zero-order valence-corrected chi connectivity index (χ0v) is 22.7.